The van der Waals surface area contributed by atoms with Crippen LogP contribution >= 0.6 is 0 Å². The average Bonchev–Trinajstić information content (AvgIpc) is 2.43. The van der Waals surface area contributed by atoms with E-state index in [0.717, 1.165) is 17.8 Å². The van der Waals surface area contributed by atoms with Gasteiger partial charge in [-0.2, -0.15) is 0 Å². The number of ether oxygens (including phenoxy) is 1. The van der Waals surface area contributed by atoms with E-state index in [4.69, 9.17) is 4.74 Å². The lowest BCUT2D eigenvalue weighted by atomic mass is 10.2. The smallest absolute Gasteiger partial charge is 0.130 e. The molecule has 0 fully saturated rings. The molecule has 0 unspecified atom stereocenters. The third-order valence-corrected chi connectivity index (χ3v) is 2.62. The number of rotatable bonds is 6. The molecule has 0 bridgehead atoms. The van der Waals surface area contributed by atoms with Crippen molar-refractivity contribution in [1.82, 2.24) is 10.3 Å². The molecule has 1 aromatic heterocycles. The molecule has 1 heterocycles. The normalized spacial score (nSPS) is 10.4. The van der Waals surface area contributed by atoms with Crippen LogP contribution in [0.5, 0.6) is 5.75 Å². The van der Waals surface area contributed by atoms with E-state index >= 15 is 0 Å². The van der Waals surface area contributed by atoms with E-state index in [0.29, 0.717) is 18.9 Å². The summed E-state index contributed by atoms with van der Waals surface area (Å²) < 4.78 is 19.0. The summed E-state index contributed by atoms with van der Waals surface area (Å²) in [6.07, 6.45) is 1.71. The van der Waals surface area contributed by atoms with E-state index in [1.165, 1.54) is 12.1 Å². The third kappa shape index (κ3) is 4.34. The fourth-order valence-electron chi connectivity index (χ4n) is 1.72. The molecule has 100 valence electrons. The zero-order valence-corrected chi connectivity index (χ0v) is 10.9. The van der Waals surface area contributed by atoms with Gasteiger partial charge >= 0.3 is 0 Å². The second-order valence-electron chi connectivity index (χ2n) is 4.19. The van der Waals surface area contributed by atoms with E-state index in [1.807, 2.05) is 31.2 Å². The van der Waals surface area contributed by atoms with Crippen molar-refractivity contribution in [3.8, 4) is 5.75 Å². The van der Waals surface area contributed by atoms with Crippen molar-refractivity contribution in [2.45, 2.75) is 20.1 Å². The van der Waals surface area contributed by atoms with Gasteiger partial charge in [-0.3, -0.25) is 4.98 Å². The zero-order valence-electron chi connectivity index (χ0n) is 10.9. The Morgan fingerprint density at radius 3 is 2.89 bits per heavy atom. The maximum absolute atomic E-state index is 13.5. The van der Waals surface area contributed by atoms with E-state index in [2.05, 4.69) is 10.3 Å². The van der Waals surface area contributed by atoms with Gasteiger partial charge in [0.2, 0.25) is 0 Å². The van der Waals surface area contributed by atoms with E-state index in [9.17, 15) is 4.39 Å². The van der Waals surface area contributed by atoms with Gasteiger partial charge in [0.1, 0.15) is 18.2 Å². The van der Waals surface area contributed by atoms with Gasteiger partial charge in [-0.1, -0.05) is 13.0 Å². The maximum Gasteiger partial charge on any atom is 0.130 e. The first-order valence-electron chi connectivity index (χ1n) is 6.31. The predicted octanol–water partition coefficient (Wildman–Crippen LogP) is 2.91. The Morgan fingerprint density at radius 1 is 1.26 bits per heavy atom. The second kappa shape index (κ2) is 6.85. The highest BCUT2D eigenvalue weighted by Crippen LogP contribution is 2.17. The van der Waals surface area contributed by atoms with E-state index in [-0.39, 0.29) is 5.82 Å². The largest absolute Gasteiger partial charge is 0.487 e. The third-order valence-electron chi connectivity index (χ3n) is 2.62. The van der Waals surface area contributed by atoms with Crippen LogP contribution in [0, 0.1) is 5.82 Å². The first-order valence-corrected chi connectivity index (χ1v) is 6.31. The molecule has 0 amide bonds. The summed E-state index contributed by atoms with van der Waals surface area (Å²) in [5.74, 6) is 0.241. The van der Waals surface area contributed by atoms with Crippen molar-refractivity contribution in [2.24, 2.45) is 0 Å². The molecule has 0 aliphatic carbocycles. The highest BCUT2D eigenvalue weighted by atomic mass is 19.1. The van der Waals surface area contributed by atoms with Crippen molar-refractivity contribution in [3.05, 3.63) is 59.7 Å². The maximum atomic E-state index is 13.5. The molecule has 2 aromatic rings. The lowest BCUT2D eigenvalue weighted by Gasteiger charge is -2.08. The number of hydrogen-bond donors (Lipinski definition) is 1. The van der Waals surface area contributed by atoms with Crippen molar-refractivity contribution in [3.63, 3.8) is 0 Å². The monoisotopic (exact) mass is 260 g/mol. The van der Waals surface area contributed by atoms with E-state index < -0.39 is 0 Å². The van der Waals surface area contributed by atoms with Gasteiger partial charge in [0, 0.05) is 18.8 Å². The van der Waals surface area contributed by atoms with Gasteiger partial charge in [0.25, 0.3) is 0 Å². The molecular weight excluding hydrogens is 243 g/mol. The van der Waals surface area contributed by atoms with Crippen LogP contribution in [0.4, 0.5) is 4.39 Å². The molecule has 0 aliphatic rings. The van der Waals surface area contributed by atoms with Crippen LogP contribution in [0.3, 0.4) is 0 Å². The summed E-state index contributed by atoms with van der Waals surface area (Å²) in [4.78, 5) is 4.16. The van der Waals surface area contributed by atoms with Crippen LogP contribution in [0.25, 0.3) is 0 Å². The molecule has 4 heteroatoms. The number of halogens is 1. The zero-order chi connectivity index (χ0) is 13.5. The Hall–Kier alpha value is -1.94. The molecule has 0 aliphatic heterocycles. The quantitative estimate of drug-likeness (QED) is 0.867. The van der Waals surface area contributed by atoms with Crippen molar-refractivity contribution in [2.75, 3.05) is 6.54 Å². The minimum Gasteiger partial charge on any atom is -0.487 e. The van der Waals surface area contributed by atoms with Crippen LogP contribution < -0.4 is 10.1 Å². The lowest BCUT2D eigenvalue weighted by molar-refractivity contribution is 0.299. The summed E-state index contributed by atoms with van der Waals surface area (Å²) in [5.41, 5.74) is 1.69. The van der Waals surface area contributed by atoms with Crippen molar-refractivity contribution in [1.29, 1.82) is 0 Å². The van der Waals surface area contributed by atoms with Gasteiger partial charge in [-0.25, -0.2) is 4.39 Å². The molecule has 1 aromatic carbocycles. The molecule has 0 radical (unpaired) electrons. The second-order valence-corrected chi connectivity index (χ2v) is 4.19. The summed E-state index contributed by atoms with van der Waals surface area (Å²) >= 11 is 0. The van der Waals surface area contributed by atoms with Crippen molar-refractivity contribution < 1.29 is 9.13 Å². The number of benzene rings is 1. The number of hydrogen-bond acceptors (Lipinski definition) is 3. The number of nitrogens with one attached hydrogen (secondary N) is 1. The minimum absolute atomic E-state index is 0.286. The van der Waals surface area contributed by atoms with Crippen LogP contribution in [-0.4, -0.2) is 11.5 Å². The fourth-order valence-corrected chi connectivity index (χ4v) is 1.72. The summed E-state index contributed by atoms with van der Waals surface area (Å²) in [5, 5.41) is 3.16. The molecule has 0 saturated heterocycles. The predicted molar refractivity (Wildman–Crippen MR) is 72.3 cm³/mol. The molecule has 0 saturated carbocycles. The summed E-state index contributed by atoms with van der Waals surface area (Å²) in [6.45, 7) is 3.83. The summed E-state index contributed by atoms with van der Waals surface area (Å²) in [7, 11) is 0. The first kappa shape index (κ1) is 13.5. The van der Waals surface area contributed by atoms with Crippen LogP contribution in [-0.2, 0) is 13.2 Å². The van der Waals surface area contributed by atoms with Gasteiger partial charge in [-0.15, -0.1) is 0 Å². The molecule has 2 rings (SSSR count). The number of pyridine rings is 1. The van der Waals surface area contributed by atoms with Gasteiger partial charge in [-0.05, 0) is 36.4 Å². The Bertz CT molecular complexity index is 517. The molecule has 19 heavy (non-hydrogen) atoms. The van der Waals surface area contributed by atoms with Crippen molar-refractivity contribution >= 4 is 0 Å². The minimum atomic E-state index is -0.286. The first-order chi connectivity index (χ1) is 9.28. The highest BCUT2D eigenvalue weighted by Gasteiger charge is 2.02. The molecule has 0 atom stereocenters. The Morgan fingerprint density at radius 2 is 2.16 bits per heavy atom. The van der Waals surface area contributed by atoms with Gasteiger partial charge in [0.15, 0.2) is 0 Å². The van der Waals surface area contributed by atoms with Gasteiger partial charge < -0.3 is 10.1 Å². The van der Waals surface area contributed by atoms with Crippen LogP contribution in [0.15, 0.2) is 42.6 Å². The van der Waals surface area contributed by atoms with Crippen LogP contribution in [0.1, 0.15) is 18.2 Å². The number of aromatic nitrogens is 1. The Kier molecular flexibility index (Phi) is 4.86. The highest BCUT2D eigenvalue weighted by molar-refractivity contribution is 5.29. The molecule has 1 N–H and O–H groups in total. The molecular formula is C15H17FN2O. The molecule has 0 spiro atoms. The average molecular weight is 260 g/mol. The van der Waals surface area contributed by atoms with Crippen LogP contribution in [0.2, 0.25) is 0 Å². The SMILES string of the molecule is CCNCc1cc(F)cc(OCc2ccccn2)c1. The molecule has 3 nitrogen and oxygen atoms in total. The Balaban J connectivity index is 2.01. The lowest BCUT2D eigenvalue weighted by Crippen LogP contribution is -2.12. The fraction of sp³-hybridized carbons (Fsp3) is 0.267. The van der Waals surface area contributed by atoms with E-state index in [1.54, 1.807) is 6.20 Å². The van der Waals surface area contributed by atoms with Gasteiger partial charge in [0.05, 0.1) is 5.69 Å². The number of nitrogens with zero attached hydrogens (tertiary/aromatic N) is 1. The summed E-state index contributed by atoms with van der Waals surface area (Å²) in [6, 6.07) is 10.4. The topological polar surface area (TPSA) is 34.1 Å². The Labute approximate surface area is 112 Å². The standard InChI is InChI=1S/C15H17FN2O/c1-2-17-10-12-7-13(16)9-15(8-12)19-11-14-5-3-4-6-18-14/h3-9,17H,2,10-11H2,1H3.